The van der Waals surface area contributed by atoms with Gasteiger partial charge in [0.25, 0.3) is 0 Å². The van der Waals surface area contributed by atoms with Gasteiger partial charge in [-0.2, -0.15) is 0 Å². The first-order valence-electron chi connectivity index (χ1n) is 6.62. The largest absolute Gasteiger partial charge is 0.329 e. The second-order valence-corrected chi connectivity index (χ2v) is 5.34. The number of aryl methyl sites for hydroxylation is 1. The maximum absolute atomic E-state index is 5.93. The minimum Gasteiger partial charge on any atom is -0.329 e. The summed E-state index contributed by atoms with van der Waals surface area (Å²) in [5.74, 6) is 0.830. The molecule has 2 unspecified atom stereocenters. The van der Waals surface area contributed by atoms with E-state index in [4.69, 9.17) is 5.73 Å². The zero-order chi connectivity index (χ0) is 12.4. The Morgan fingerprint density at radius 3 is 2.53 bits per heavy atom. The van der Waals surface area contributed by atoms with Crippen molar-refractivity contribution in [1.29, 1.82) is 0 Å². The molecule has 1 saturated carbocycles. The van der Waals surface area contributed by atoms with Crippen molar-refractivity contribution in [2.75, 3.05) is 13.6 Å². The Labute approximate surface area is 105 Å². The molecule has 2 N–H and O–H groups in total. The number of hydrogen-bond donors (Lipinski definition) is 1. The van der Waals surface area contributed by atoms with Crippen LogP contribution in [-0.2, 0) is 0 Å². The van der Waals surface area contributed by atoms with Crippen LogP contribution in [-0.4, -0.2) is 24.5 Å². The van der Waals surface area contributed by atoms with E-state index < -0.39 is 0 Å². The Bertz CT molecular complexity index is 371. The molecule has 0 saturated heterocycles. The zero-order valence-corrected chi connectivity index (χ0v) is 11.2. The van der Waals surface area contributed by atoms with Crippen LogP contribution in [0.5, 0.6) is 0 Å². The Balaban J connectivity index is 2.13. The fourth-order valence-electron chi connectivity index (χ4n) is 2.73. The summed E-state index contributed by atoms with van der Waals surface area (Å²) in [6, 6.07) is 9.65. The number of nitrogens with zero attached hydrogens (tertiary/aromatic N) is 1. The molecule has 1 fully saturated rings. The lowest BCUT2D eigenvalue weighted by Gasteiger charge is -2.33. The van der Waals surface area contributed by atoms with Gasteiger partial charge in [0.15, 0.2) is 0 Å². The molecule has 0 aromatic heterocycles. The highest BCUT2D eigenvalue weighted by Gasteiger charge is 2.34. The van der Waals surface area contributed by atoms with Crippen molar-refractivity contribution >= 4 is 0 Å². The van der Waals surface area contributed by atoms with Gasteiger partial charge in [0.1, 0.15) is 0 Å². The van der Waals surface area contributed by atoms with Crippen LogP contribution in [0.1, 0.15) is 36.9 Å². The van der Waals surface area contributed by atoms with Gasteiger partial charge in [-0.1, -0.05) is 24.3 Å². The molecule has 1 aliphatic rings. The van der Waals surface area contributed by atoms with Gasteiger partial charge in [0.2, 0.25) is 0 Å². The van der Waals surface area contributed by atoms with Crippen LogP contribution >= 0.6 is 0 Å². The lowest BCUT2D eigenvalue weighted by molar-refractivity contribution is 0.170. The average Bonchev–Trinajstić information content (AvgIpc) is 3.14. The van der Waals surface area contributed by atoms with Gasteiger partial charge in [-0.05, 0) is 50.8 Å². The lowest BCUT2D eigenvalue weighted by atomic mass is 9.99. The fourth-order valence-corrected chi connectivity index (χ4v) is 2.73. The summed E-state index contributed by atoms with van der Waals surface area (Å²) in [5.41, 5.74) is 8.73. The monoisotopic (exact) mass is 232 g/mol. The smallest absolute Gasteiger partial charge is 0.0323 e. The van der Waals surface area contributed by atoms with Gasteiger partial charge in [-0.3, -0.25) is 4.90 Å². The molecule has 1 aromatic rings. The molecule has 0 spiro atoms. The van der Waals surface area contributed by atoms with E-state index in [0.717, 1.165) is 12.5 Å². The first kappa shape index (κ1) is 12.6. The fraction of sp³-hybridized carbons (Fsp3) is 0.600. The molecule has 1 aromatic carbocycles. The van der Waals surface area contributed by atoms with Crippen molar-refractivity contribution in [3.05, 3.63) is 35.4 Å². The summed E-state index contributed by atoms with van der Waals surface area (Å²) < 4.78 is 0. The lowest BCUT2D eigenvalue weighted by Crippen LogP contribution is -2.41. The van der Waals surface area contributed by atoms with E-state index in [-0.39, 0.29) is 0 Å². The molecule has 1 aliphatic carbocycles. The summed E-state index contributed by atoms with van der Waals surface area (Å²) in [6.07, 6.45) is 2.71. The highest BCUT2D eigenvalue weighted by molar-refractivity contribution is 5.28. The molecule has 0 aliphatic heterocycles. The summed E-state index contributed by atoms with van der Waals surface area (Å²) in [7, 11) is 2.22. The van der Waals surface area contributed by atoms with Crippen molar-refractivity contribution < 1.29 is 0 Å². The predicted octanol–water partition coefficient (Wildman–Crippen LogP) is 2.73. The maximum Gasteiger partial charge on any atom is 0.0323 e. The van der Waals surface area contributed by atoms with Crippen LogP contribution in [0.25, 0.3) is 0 Å². The third-order valence-corrected chi connectivity index (χ3v) is 4.18. The Morgan fingerprint density at radius 1 is 1.35 bits per heavy atom. The summed E-state index contributed by atoms with van der Waals surface area (Å²) >= 11 is 0. The molecule has 0 heterocycles. The maximum atomic E-state index is 5.93. The van der Waals surface area contributed by atoms with Crippen molar-refractivity contribution in [3.63, 3.8) is 0 Å². The molecule has 0 radical (unpaired) electrons. The second kappa shape index (κ2) is 5.19. The average molecular weight is 232 g/mol. The van der Waals surface area contributed by atoms with Gasteiger partial charge in [-0.15, -0.1) is 0 Å². The molecular formula is C15H24N2. The van der Waals surface area contributed by atoms with Crippen LogP contribution in [0.3, 0.4) is 0 Å². The third-order valence-electron chi connectivity index (χ3n) is 4.18. The number of benzene rings is 1. The molecule has 17 heavy (non-hydrogen) atoms. The summed E-state index contributed by atoms with van der Waals surface area (Å²) in [4.78, 5) is 2.46. The predicted molar refractivity (Wildman–Crippen MR) is 72.9 cm³/mol. The summed E-state index contributed by atoms with van der Waals surface area (Å²) in [5, 5.41) is 0. The van der Waals surface area contributed by atoms with Gasteiger partial charge >= 0.3 is 0 Å². The van der Waals surface area contributed by atoms with Gasteiger partial charge in [-0.25, -0.2) is 0 Å². The number of hydrogen-bond acceptors (Lipinski definition) is 2. The van der Waals surface area contributed by atoms with Gasteiger partial charge in [0.05, 0.1) is 0 Å². The van der Waals surface area contributed by atoms with E-state index in [1.54, 1.807) is 0 Å². The Kier molecular flexibility index (Phi) is 3.85. The minimum atomic E-state index is 0.449. The van der Waals surface area contributed by atoms with E-state index in [2.05, 4.69) is 50.1 Å². The van der Waals surface area contributed by atoms with E-state index in [1.165, 1.54) is 24.0 Å². The Morgan fingerprint density at radius 2 is 2.00 bits per heavy atom. The molecule has 0 bridgehead atoms. The first-order valence-corrected chi connectivity index (χ1v) is 6.62. The van der Waals surface area contributed by atoms with Gasteiger partial charge < -0.3 is 5.73 Å². The van der Waals surface area contributed by atoms with E-state index in [9.17, 15) is 0 Å². The molecule has 2 nitrogen and oxygen atoms in total. The number of likely N-dealkylation sites (N-methyl/N-ethyl adjacent to an activating group) is 1. The Hall–Kier alpha value is -0.860. The van der Waals surface area contributed by atoms with Crippen molar-refractivity contribution in [3.8, 4) is 0 Å². The van der Waals surface area contributed by atoms with Gasteiger partial charge in [0, 0.05) is 18.6 Å². The molecular weight excluding hydrogens is 208 g/mol. The van der Waals surface area contributed by atoms with Crippen LogP contribution in [0.15, 0.2) is 24.3 Å². The normalized spacial score (nSPS) is 19.4. The van der Waals surface area contributed by atoms with Crippen LogP contribution in [0, 0.1) is 12.8 Å². The zero-order valence-electron chi connectivity index (χ0n) is 11.2. The highest BCUT2D eigenvalue weighted by Crippen LogP contribution is 2.37. The topological polar surface area (TPSA) is 29.3 Å². The van der Waals surface area contributed by atoms with Crippen LogP contribution < -0.4 is 5.73 Å². The summed E-state index contributed by atoms with van der Waals surface area (Å²) in [6.45, 7) is 5.25. The number of rotatable bonds is 5. The minimum absolute atomic E-state index is 0.449. The third kappa shape index (κ3) is 2.70. The van der Waals surface area contributed by atoms with E-state index >= 15 is 0 Å². The van der Waals surface area contributed by atoms with Crippen molar-refractivity contribution in [2.24, 2.45) is 11.7 Å². The van der Waals surface area contributed by atoms with Crippen LogP contribution in [0.2, 0.25) is 0 Å². The molecule has 2 rings (SSSR count). The van der Waals surface area contributed by atoms with Crippen LogP contribution in [0.4, 0.5) is 0 Å². The highest BCUT2D eigenvalue weighted by atomic mass is 15.2. The standard InChI is InChI=1S/C15H24N2/c1-11-6-4-5-7-14(11)12(2)17(3)15(10-16)13-8-9-13/h4-7,12-13,15H,8-10,16H2,1-3H3. The quantitative estimate of drug-likeness (QED) is 0.846. The SMILES string of the molecule is Cc1ccccc1C(C)N(C)C(CN)C1CC1. The second-order valence-electron chi connectivity index (χ2n) is 5.34. The van der Waals surface area contributed by atoms with Crippen molar-refractivity contribution in [2.45, 2.75) is 38.8 Å². The number of nitrogens with two attached hydrogens (primary N) is 1. The molecule has 2 heteroatoms. The molecule has 2 atom stereocenters. The molecule has 0 amide bonds. The first-order chi connectivity index (χ1) is 8.15. The van der Waals surface area contributed by atoms with E-state index in [0.29, 0.717) is 12.1 Å². The van der Waals surface area contributed by atoms with Crippen molar-refractivity contribution in [1.82, 2.24) is 4.90 Å². The molecule has 94 valence electrons. The van der Waals surface area contributed by atoms with E-state index in [1.807, 2.05) is 0 Å².